The molecule has 33 heavy (non-hydrogen) atoms. The number of nitrogens with one attached hydrogen (secondary N) is 1. The van der Waals surface area contributed by atoms with Crippen molar-refractivity contribution < 1.29 is 23.9 Å². The number of anilines is 1. The van der Waals surface area contributed by atoms with E-state index in [1.807, 2.05) is 18.4 Å². The Bertz CT molecular complexity index is 1170. The number of pyridine rings is 1. The third kappa shape index (κ3) is 4.95. The Kier molecular flexibility index (Phi) is 6.83. The van der Waals surface area contributed by atoms with Crippen LogP contribution in [0.4, 0.5) is 5.00 Å². The number of ether oxygens (including phenoxy) is 2. The van der Waals surface area contributed by atoms with Gasteiger partial charge in [0.05, 0.1) is 24.1 Å². The molecule has 1 saturated carbocycles. The first kappa shape index (κ1) is 22.7. The average Bonchev–Trinajstić information content (AvgIpc) is 3.44. The lowest BCUT2D eigenvalue weighted by Crippen LogP contribution is -2.22. The summed E-state index contributed by atoms with van der Waals surface area (Å²) < 4.78 is 12.0. The topological polar surface area (TPSA) is 112 Å². The monoisotopic (exact) mass is 468 g/mol. The quantitative estimate of drug-likeness (QED) is 0.476. The van der Waals surface area contributed by atoms with Crippen molar-refractivity contribution in [2.45, 2.75) is 39.0 Å². The molecule has 3 aromatic rings. The number of carbonyl (C=O) groups is 3. The van der Waals surface area contributed by atoms with E-state index in [0.29, 0.717) is 34.4 Å². The number of amides is 1. The van der Waals surface area contributed by atoms with Gasteiger partial charge in [-0.15, -0.1) is 11.3 Å². The highest BCUT2D eigenvalue weighted by Gasteiger charge is 2.32. The highest BCUT2D eigenvalue weighted by Crippen LogP contribution is 2.46. The molecule has 3 heterocycles. The molecule has 172 valence electrons. The summed E-state index contributed by atoms with van der Waals surface area (Å²) in [5.74, 6) is -0.732. The molecule has 0 unspecified atom stereocenters. The first-order valence-corrected chi connectivity index (χ1v) is 11.6. The maximum absolute atomic E-state index is 12.6. The van der Waals surface area contributed by atoms with Gasteiger partial charge in [-0.2, -0.15) is 5.10 Å². The molecular formula is C23H24N4O5S. The Morgan fingerprint density at radius 3 is 2.67 bits per heavy atom. The molecule has 9 nitrogen and oxygen atoms in total. The molecule has 0 radical (unpaired) electrons. The maximum atomic E-state index is 12.6. The van der Waals surface area contributed by atoms with Gasteiger partial charge in [-0.25, -0.2) is 19.3 Å². The van der Waals surface area contributed by atoms with Gasteiger partial charge in [0.1, 0.15) is 10.6 Å². The van der Waals surface area contributed by atoms with E-state index in [4.69, 9.17) is 9.47 Å². The van der Waals surface area contributed by atoms with Gasteiger partial charge >= 0.3 is 11.9 Å². The summed E-state index contributed by atoms with van der Waals surface area (Å²) in [6, 6.07) is 5.41. The number of nitrogens with zero attached hydrogens (tertiary/aromatic N) is 3. The summed E-state index contributed by atoms with van der Waals surface area (Å²) >= 11 is 1.27. The number of hydrogen-bond donors (Lipinski definition) is 1. The fraction of sp³-hybridized carbons (Fsp3) is 0.348. The van der Waals surface area contributed by atoms with Gasteiger partial charge in [0.15, 0.2) is 12.4 Å². The molecule has 0 atom stereocenters. The summed E-state index contributed by atoms with van der Waals surface area (Å²) in [4.78, 5) is 41.8. The molecule has 1 amide bonds. The van der Waals surface area contributed by atoms with Crippen molar-refractivity contribution in [3.63, 3.8) is 0 Å². The van der Waals surface area contributed by atoms with E-state index in [-0.39, 0.29) is 12.2 Å². The van der Waals surface area contributed by atoms with Gasteiger partial charge in [-0.3, -0.25) is 4.79 Å². The standard InChI is InChI=1S/C23H24N4O5S/c1-3-17-15(11-25-27(17)18-7-5-6-10-24-18)22(29)32-12-19(28)26-21-20(23(30)31-4-2)16(13-33-21)14-8-9-14/h5-7,10-11,13-14H,3-4,8-9,12H2,1-2H3,(H,26,28). The van der Waals surface area contributed by atoms with Crippen molar-refractivity contribution in [1.82, 2.24) is 14.8 Å². The van der Waals surface area contributed by atoms with Crippen molar-refractivity contribution in [2.24, 2.45) is 0 Å². The van der Waals surface area contributed by atoms with Crippen LogP contribution in [0.1, 0.15) is 64.6 Å². The molecule has 0 spiro atoms. The van der Waals surface area contributed by atoms with Crippen molar-refractivity contribution in [1.29, 1.82) is 0 Å². The highest BCUT2D eigenvalue weighted by atomic mass is 32.1. The van der Waals surface area contributed by atoms with Crippen LogP contribution in [-0.2, 0) is 20.7 Å². The van der Waals surface area contributed by atoms with E-state index in [2.05, 4.69) is 15.4 Å². The smallest absolute Gasteiger partial charge is 0.342 e. The number of carbonyl (C=O) groups excluding carboxylic acids is 3. The van der Waals surface area contributed by atoms with Gasteiger partial charge < -0.3 is 14.8 Å². The largest absolute Gasteiger partial charge is 0.462 e. The van der Waals surface area contributed by atoms with Gasteiger partial charge in [0.2, 0.25) is 0 Å². The number of aromatic nitrogens is 3. The number of hydrogen-bond acceptors (Lipinski definition) is 8. The number of esters is 2. The molecule has 4 rings (SSSR count). The minimum absolute atomic E-state index is 0.246. The molecule has 1 N–H and O–H groups in total. The molecule has 1 fully saturated rings. The lowest BCUT2D eigenvalue weighted by Gasteiger charge is -2.09. The van der Waals surface area contributed by atoms with Crippen LogP contribution < -0.4 is 5.32 Å². The van der Waals surface area contributed by atoms with Gasteiger partial charge in [-0.05, 0) is 55.2 Å². The third-order valence-corrected chi connectivity index (χ3v) is 6.11. The Labute approximate surface area is 194 Å². The molecule has 10 heteroatoms. The number of thiophene rings is 1. The molecular weight excluding hydrogens is 444 g/mol. The average molecular weight is 469 g/mol. The van der Waals surface area contributed by atoms with E-state index in [1.54, 1.807) is 29.9 Å². The van der Waals surface area contributed by atoms with Gasteiger partial charge in [0.25, 0.3) is 5.91 Å². The van der Waals surface area contributed by atoms with Crippen LogP contribution in [0.15, 0.2) is 36.0 Å². The zero-order valence-corrected chi connectivity index (χ0v) is 19.2. The Hall–Kier alpha value is -3.53. The first-order chi connectivity index (χ1) is 16.0. The fourth-order valence-electron chi connectivity index (χ4n) is 3.50. The van der Waals surface area contributed by atoms with Crippen LogP contribution in [0.3, 0.4) is 0 Å². The third-order valence-electron chi connectivity index (χ3n) is 5.19. The van der Waals surface area contributed by atoms with E-state index in [1.165, 1.54) is 17.5 Å². The van der Waals surface area contributed by atoms with Crippen molar-refractivity contribution in [3.8, 4) is 5.82 Å². The second-order valence-electron chi connectivity index (χ2n) is 7.47. The summed E-state index contributed by atoms with van der Waals surface area (Å²) in [6.07, 6.45) is 5.60. The van der Waals surface area contributed by atoms with Crippen molar-refractivity contribution in [2.75, 3.05) is 18.5 Å². The van der Waals surface area contributed by atoms with E-state index in [0.717, 1.165) is 18.4 Å². The molecule has 0 aromatic carbocycles. The van der Waals surface area contributed by atoms with Crippen LogP contribution in [0.5, 0.6) is 0 Å². The second kappa shape index (κ2) is 9.95. The van der Waals surface area contributed by atoms with Crippen molar-refractivity contribution >= 4 is 34.2 Å². The number of rotatable bonds is 9. The molecule has 1 aliphatic rings. The first-order valence-electron chi connectivity index (χ1n) is 10.8. The minimum atomic E-state index is -0.653. The van der Waals surface area contributed by atoms with Crippen LogP contribution in [0.2, 0.25) is 0 Å². The Morgan fingerprint density at radius 2 is 2.00 bits per heavy atom. The summed E-state index contributed by atoms with van der Waals surface area (Å²) in [5, 5.41) is 9.23. The lowest BCUT2D eigenvalue weighted by molar-refractivity contribution is -0.119. The van der Waals surface area contributed by atoms with Gasteiger partial charge in [0, 0.05) is 6.20 Å². The SMILES string of the molecule is CCOC(=O)c1c(C2CC2)csc1NC(=O)COC(=O)c1cnn(-c2ccccn2)c1CC. The van der Waals surface area contributed by atoms with E-state index < -0.39 is 24.5 Å². The van der Waals surface area contributed by atoms with Crippen molar-refractivity contribution in [3.05, 3.63) is 58.4 Å². The summed E-state index contributed by atoms with van der Waals surface area (Å²) in [7, 11) is 0. The van der Waals surface area contributed by atoms with Crippen LogP contribution in [-0.4, -0.2) is 45.8 Å². The molecule has 0 saturated heterocycles. The lowest BCUT2D eigenvalue weighted by atomic mass is 10.1. The predicted molar refractivity (Wildman–Crippen MR) is 122 cm³/mol. The normalized spacial score (nSPS) is 12.9. The van der Waals surface area contributed by atoms with Gasteiger partial charge in [-0.1, -0.05) is 13.0 Å². The van der Waals surface area contributed by atoms with E-state index >= 15 is 0 Å². The second-order valence-corrected chi connectivity index (χ2v) is 8.35. The Morgan fingerprint density at radius 1 is 1.18 bits per heavy atom. The molecule has 1 aliphatic carbocycles. The molecule has 0 aliphatic heterocycles. The van der Waals surface area contributed by atoms with Crippen LogP contribution in [0, 0.1) is 0 Å². The molecule has 0 bridgehead atoms. The predicted octanol–water partition coefficient (Wildman–Crippen LogP) is 3.74. The van der Waals surface area contributed by atoms with E-state index in [9.17, 15) is 14.4 Å². The Balaban J connectivity index is 1.42. The fourth-order valence-corrected chi connectivity index (χ4v) is 4.55. The zero-order chi connectivity index (χ0) is 23.4. The summed E-state index contributed by atoms with van der Waals surface area (Å²) in [5.41, 5.74) is 2.21. The highest BCUT2D eigenvalue weighted by molar-refractivity contribution is 7.15. The summed E-state index contributed by atoms with van der Waals surface area (Å²) in [6.45, 7) is 3.38. The van der Waals surface area contributed by atoms with Crippen LogP contribution in [0.25, 0.3) is 5.82 Å². The minimum Gasteiger partial charge on any atom is -0.462 e. The maximum Gasteiger partial charge on any atom is 0.342 e. The zero-order valence-electron chi connectivity index (χ0n) is 18.4. The molecule has 3 aromatic heterocycles. The van der Waals surface area contributed by atoms with Crippen LogP contribution >= 0.6 is 11.3 Å².